The fraction of sp³-hybridized carbons (Fsp3) is 0.391. The number of thiophene rings is 1. The van der Waals surface area contributed by atoms with Gasteiger partial charge >= 0.3 is 0 Å². The summed E-state index contributed by atoms with van der Waals surface area (Å²) in [6.45, 7) is 0.178. The summed E-state index contributed by atoms with van der Waals surface area (Å²) in [6, 6.07) is 5.53. The number of aliphatic hydroxyl groups excluding tert-OH is 1. The van der Waals surface area contributed by atoms with Crippen LogP contribution in [0.3, 0.4) is 0 Å². The first-order chi connectivity index (χ1) is 16.9. The highest BCUT2D eigenvalue weighted by Crippen LogP contribution is 2.43. The van der Waals surface area contributed by atoms with Gasteiger partial charge in [0.25, 0.3) is 15.9 Å². The number of aryl methyl sites for hydroxylation is 1. The van der Waals surface area contributed by atoms with Crippen molar-refractivity contribution in [2.24, 2.45) is 10.3 Å². The first-order valence-electron chi connectivity index (χ1n) is 11.3. The summed E-state index contributed by atoms with van der Waals surface area (Å²) in [7, 11) is -7.56. The van der Waals surface area contributed by atoms with Crippen LogP contribution in [0.5, 0.6) is 0 Å². The van der Waals surface area contributed by atoms with Crippen molar-refractivity contribution >= 4 is 47.9 Å². The van der Waals surface area contributed by atoms with Gasteiger partial charge in [0.15, 0.2) is 5.84 Å². The fourth-order valence-corrected chi connectivity index (χ4v) is 7.83. The summed E-state index contributed by atoms with van der Waals surface area (Å²) in [5.41, 5.74) is 0.823. The van der Waals surface area contributed by atoms with Gasteiger partial charge in [0.1, 0.15) is 36.9 Å². The molecule has 3 aliphatic rings. The van der Waals surface area contributed by atoms with Crippen LogP contribution in [0.4, 0.5) is 9.39 Å². The third-order valence-corrected chi connectivity index (χ3v) is 9.92. The molecular weight excluding hydrogens is 529 g/mol. The van der Waals surface area contributed by atoms with Crippen molar-refractivity contribution in [1.82, 2.24) is 4.90 Å². The zero-order chi connectivity index (χ0) is 25.8. The quantitative estimate of drug-likeness (QED) is 0.539. The molecule has 0 spiro atoms. The number of sulfonamides is 1. The predicted octanol–water partition coefficient (Wildman–Crippen LogP) is 3.01. The summed E-state index contributed by atoms with van der Waals surface area (Å²) < 4.78 is 66.5. The van der Waals surface area contributed by atoms with Gasteiger partial charge in [0, 0.05) is 25.3 Å². The zero-order valence-electron chi connectivity index (χ0n) is 19.3. The average molecular weight is 554 g/mol. The normalized spacial score (nSPS) is 21.7. The minimum Gasteiger partial charge on any atom is -0.511 e. The number of nitrogens with zero attached hydrogens (tertiary/aromatic N) is 2. The number of aliphatic hydroxyl groups is 1. The molecule has 3 heterocycles. The number of carbonyl (C=O) groups excluding carboxylic acids is 1. The molecule has 1 amide bonds. The monoisotopic (exact) mass is 553 g/mol. The van der Waals surface area contributed by atoms with E-state index in [1.54, 1.807) is 22.4 Å². The average Bonchev–Trinajstić information content (AvgIpc) is 3.54. The smallest absolute Gasteiger partial charge is 0.287 e. The fourth-order valence-electron chi connectivity index (χ4n) is 4.57. The zero-order valence-corrected chi connectivity index (χ0v) is 21.7. The highest BCUT2D eigenvalue weighted by Gasteiger charge is 2.45. The van der Waals surface area contributed by atoms with E-state index < -0.39 is 31.6 Å². The Morgan fingerprint density at radius 1 is 1.25 bits per heavy atom. The minimum atomic E-state index is -4.26. The number of benzene rings is 1. The lowest BCUT2D eigenvalue weighted by Crippen LogP contribution is -2.48. The summed E-state index contributed by atoms with van der Waals surface area (Å²) in [5, 5.41) is 15.5. The molecule has 9 nitrogen and oxygen atoms in total. The van der Waals surface area contributed by atoms with Crippen molar-refractivity contribution in [3.63, 3.8) is 0 Å². The maximum Gasteiger partial charge on any atom is 0.287 e. The van der Waals surface area contributed by atoms with Gasteiger partial charge < -0.3 is 15.3 Å². The van der Waals surface area contributed by atoms with Gasteiger partial charge in [-0.15, -0.1) is 15.7 Å². The standard InChI is InChI=1S/C23H24FN3O6S3/c1-35(30,31)9-8-15-12-34-22-20(15)36(32,33)26-21(25-22)19-18(28)10-17(14-4-5-14)27(23(19)29)11-13-2-6-16(24)7-3-13/h2-3,6-7,12,14,17,28H,4-5,8-11H2,1H3,(H,25,26). The molecule has 1 atom stereocenters. The number of anilines is 1. The molecule has 1 aromatic carbocycles. The number of hydrogen-bond acceptors (Lipinski definition) is 8. The molecule has 1 fully saturated rings. The van der Waals surface area contributed by atoms with E-state index in [4.69, 9.17) is 0 Å². The molecule has 36 heavy (non-hydrogen) atoms. The van der Waals surface area contributed by atoms with E-state index in [1.807, 2.05) is 0 Å². The number of hydrogen-bond donors (Lipinski definition) is 2. The van der Waals surface area contributed by atoms with Gasteiger partial charge in [-0.1, -0.05) is 12.1 Å². The van der Waals surface area contributed by atoms with Crippen LogP contribution in [0.25, 0.3) is 0 Å². The molecule has 13 heteroatoms. The van der Waals surface area contributed by atoms with Gasteiger partial charge in [-0.05, 0) is 53.8 Å². The number of amidine groups is 1. The lowest BCUT2D eigenvalue weighted by molar-refractivity contribution is -0.131. The second-order valence-electron chi connectivity index (χ2n) is 9.33. The number of nitrogens with one attached hydrogen (secondary N) is 1. The van der Waals surface area contributed by atoms with Gasteiger partial charge in [-0.3, -0.25) is 4.79 Å². The largest absolute Gasteiger partial charge is 0.511 e. The molecule has 2 N–H and O–H groups in total. The molecule has 1 aromatic heterocycles. The Morgan fingerprint density at radius 2 is 1.94 bits per heavy atom. The Bertz CT molecular complexity index is 1510. The van der Waals surface area contributed by atoms with E-state index in [1.165, 1.54) is 12.1 Å². The second-order valence-corrected chi connectivity index (χ2v) is 14.0. The van der Waals surface area contributed by atoms with Gasteiger partial charge in [0.05, 0.1) is 5.75 Å². The Kier molecular flexibility index (Phi) is 6.20. The SMILES string of the molecule is CS(=O)(=O)CCc1csc2c1S(=O)(=O)N=C(C1=C(O)CC(C3CC3)N(Cc3ccc(F)cc3)C1=O)N2. The van der Waals surface area contributed by atoms with E-state index >= 15 is 0 Å². The lowest BCUT2D eigenvalue weighted by atomic mass is 9.94. The van der Waals surface area contributed by atoms with E-state index in [9.17, 15) is 31.1 Å². The molecule has 2 aromatic rings. The molecule has 2 aliphatic heterocycles. The summed E-state index contributed by atoms with van der Waals surface area (Å²) in [4.78, 5) is 15.1. The molecule has 0 saturated heterocycles. The number of amides is 1. The third kappa shape index (κ3) is 4.91. The van der Waals surface area contributed by atoms with Crippen molar-refractivity contribution in [3.05, 3.63) is 57.9 Å². The molecule has 1 unspecified atom stereocenters. The maximum atomic E-state index is 13.6. The first kappa shape index (κ1) is 24.9. The van der Waals surface area contributed by atoms with Crippen molar-refractivity contribution < 1.29 is 31.1 Å². The van der Waals surface area contributed by atoms with E-state index in [2.05, 4.69) is 9.71 Å². The molecule has 1 aliphatic carbocycles. The van der Waals surface area contributed by atoms with Crippen LogP contribution in [-0.4, -0.2) is 56.6 Å². The van der Waals surface area contributed by atoms with Gasteiger partial charge in [-0.2, -0.15) is 8.42 Å². The van der Waals surface area contributed by atoms with Crippen molar-refractivity contribution in [2.75, 3.05) is 17.3 Å². The summed E-state index contributed by atoms with van der Waals surface area (Å²) >= 11 is 1.06. The topological polar surface area (TPSA) is 133 Å². The van der Waals surface area contributed by atoms with E-state index in [0.29, 0.717) is 11.1 Å². The van der Waals surface area contributed by atoms with Crippen molar-refractivity contribution in [3.8, 4) is 0 Å². The van der Waals surface area contributed by atoms with E-state index in [0.717, 1.165) is 30.4 Å². The summed E-state index contributed by atoms with van der Waals surface area (Å²) in [6.07, 6.45) is 3.08. The number of halogens is 1. The number of carbonyl (C=O) groups is 1. The van der Waals surface area contributed by atoms with Crippen molar-refractivity contribution in [1.29, 1.82) is 0 Å². The van der Waals surface area contributed by atoms with Crippen molar-refractivity contribution in [2.45, 2.75) is 43.2 Å². The highest BCUT2D eigenvalue weighted by atomic mass is 32.2. The molecule has 5 rings (SSSR count). The molecule has 1 saturated carbocycles. The number of fused-ring (bicyclic) bond motifs is 1. The highest BCUT2D eigenvalue weighted by molar-refractivity contribution is 7.91. The predicted molar refractivity (Wildman–Crippen MR) is 134 cm³/mol. The van der Waals surface area contributed by atoms with Crippen LogP contribution < -0.4 is 5.32 Å². The molecular formula is C23H24FN3O6S3. The lowest BCUT2D eigenvalue weighted by Gasteiger charge is -2.37. The number of sulfone groups is 1. The Hall–Kier alpha value is -2.77. The molecule has 0 radical (unpaired) electrons. The number of rotatable bonds is 7. The van der Waals surface area contributed by atoms with E-state index in [-0.39, 0.29) is 64.2 Å². The minimum absolute atomic E-state index is 0.0117. The van der Waals surface area contributed by atoms with Crippen LogP contribution in [0.2, 0.25) is 0 Å². The molecule has 0 bridgehead atoms. The van der Waals surface area contributed by atoms with Crippen LogP contribution in [0.1, 0.15) is 30.4 Å². The van der Waals surface area contributed by atoms with Gasteiger partial charge in [0.2, 0.25) is 0 Å². The van der Waals surface area contributed by atoms with Gasteiger partial charge in [-0.25, -0.2) is 12.8 Å². The third-order valence-electron chi connectivity index (χ3n) is 6.50. The van der Waals surface area contributed by atoms with Crippen LogP contribution in [-0.2, 0) is 37.6 Å². The Labute approximate surface area is 212 Å². The maximum absolute atomic E-state index is 13.6. The summed E-state index contributed by atoms with van der Waals surface area (Å²) in [5.74, 6) is -1.43. The van der Waals surface area contributed by atoms with Crippen LogP contribution >= 0.6 is 11.3 Å². The van der Waals surface area contributed by atoms with Crippen LogP contribution in [0, 0.1) is 11.7 Å². The Morgan fingerprint density at radius 3 is 2.58 bits per heavy atom. The second kappa shape index (κ2) is 8.96. The molecule has 192 valence electrons. The van der Waals surface area contributed by atoms with Crippen LogP contribution in [0.15, 0.2) is 50.3 Å². The first-order valence-corrected chi connectivity index (χ1v) is 15.7. The Balaban J connectivity index is 1.48.